The lowest BCUT2D eigenvalue weighted by Gasteiger charge is -2.13. The standard InChI is InChI=1S/C18H24N2O6S/c1-13(2)25-10-4-8-19-17-7-6-15(11-16(17)18(21)22)27(23,24)20-12-14-5-3-9-26-14/h3,5-7,9,11,13,19-20H,4,8,10,12H2,1-2H3,(H,21,22). The molecule has 0 bridgehead atoms. The Kier molecular flexibility index (Phi) is 7.40. The van der Waals surface area contributed by atoms with E-state index in [1.165, 1.54) is 18.4 Å². The van der Waals surface area contributed by atoms with Crippen LogP contribution in [0.25, 0.3) is 0 Å². The van der Waals surface area contributed by atoms with Gasteiger partial charge in [-0.1, -0.05) is 0 Å². The Balaban J connectivity index is 2.06. The number of rotatable bonds is 11. The normalized spacial score (nSPS) is 11.7. The number of nitrogens with one attached hydrogen (secondary N) is 2. The van der Waals surface area contributed by atoms with Crippen LogP contribution in [-0.2, 0) is 21.3 Å². The number of ether oxygens (including phenoxy) is 1. The first-order valence-corrected chi connectivity index (χ1v) is 10.0. The lowest BCUT2D eigenvalue weighted by atomic mass is 10.2. The van der Waals surface area contributed by atoms with E-state index in [9.17, 15) is 18.3 Å². The van der Waals surface area contributed by atoms with Crippen molar-refractivity contribution < 1.29 is 27.5 Å². The van der Waals surface area contributed by atoms with Crippen molar-refractivity contribution in [1.82, 2.24) is 4.72 Å². The highest BCUT2D eigenvalue weighted by Crippen LogP contribution is 2.21. The number of furan rings is 1. The summed E-state index contributed by atoms with van der Waals surface area (Å²) in [5, 5.41) is 12.4. The number of carboxylic acids is 1. The average Bonchev–Trinajstić information content (AvgIpc) is 3.13. The van der Waals surface area contributed by atoms with Crippen LogP contribution in [0.3, 0.4) is 0 Å². The molecule has 2 rings (SSSR count). The Hall–Kier alpha value is -2.36. The molecule has 0 saturated heterocycles. The van der Waals surface area contributed by atoms with Crippen LogP contribution < -0.4 is 10.0 Å². The van der Waals surface area contributed by atoms with Gasteiger partial charge in [0.05, 0.1) is 29.4 Å². The van der Waals surface area contributed by atoms with Crippen molar-refractivity contribution in [2.75, 3.05) is 18.5 Å². The van der Waals surface area contributed by atoms with Crippen molar-refractivity contribution in [3.05, 3.63) is 47.9 Å². The zero-order valence-electron chi connectivity index (χ0n) is 15.3. The summed E-state index contributed by atoms with van der Waals surface area (Å²) in [4.78, 5) is 11.4. The number of sulfonamides is 1. The molecule has 0 unspecified atom stereocenters. The molecule has 0 atom stereocenters. The summed E-state index contributed by atoms with van der Waals surface area (Å²) in [6.45, 7) is 4.92. The fourth-order valence-corrected chi connectivity index (χ4v) is 3.32. The second-order valence-corrected chi connectivity index (χ2v) is 7.88. The van der Waals surface area contributed by atoms with Crippen LogP contribution in [0.2, 0.25) is 0 Å². The van der Waals surface area contributed by atoms with Crippen molar-refractivity contribution in [3.8, 4) is 0 Å². The van der Waals surface area contributed by atoms with Crippen LogP contribution >= 0.6 is 0 Å². The van der Waals surface area contributed by atoms with E-state index < -0.39 is 16.0 Å². The number of anilines is 1. The van der Waals surface area contributed by atoms with Crippen molar-refractivity contribution in [3.63, 3.8) is 0 Å². The van der Waals surface area contributed by atoms with Gasteiger partial charge in [-0.3, -0.25) is 0 Å². The summed E-state index contributed by atoms with van der Waals surface area (Å²) >= 11 is 0. The number of hydrogen-bond acceptors (Lipinski definition) is 6. The molecular formula is C18H24N2O6S. The van der Waals surface area contributed by atoms with Crippen molar-refractivity contribution in [1.29, 1.82) is 0 Å². The molecule has 0 aliphatic carbocycles. The number of carboxylic acid groups (broad SMARTS) is 1. The van der Waals surface area contributed by atoms with Gasteiger partial charge in [0, 0.05) is 18.8 Å². The van der Waals surface area contributed by atoms with Crippen LogP contribution in [0.15, 0.2) is 45.9 Å². The average molecular weight is 396 g/mol. The van der Waals surface area contributed by atoms with Gasteiger partial charge in [-0.05, 0) is 50.6 Å². The van der Waals surface area contributed by atoms with E-state index in [0.717, 1.165) is 6.07 Å². The van der Waals surface area contributed by atoms with Gasteiger partial charge in [-0.2, -0.15) is 0 Å². The van der Waals surface area contributed by atoms with Gasteiger partial charge < -0.3 is 19.6 Å². The van der Waals surface area contributed by atoms with Crippen molar-refractivity contribution >= 4 is 21.7 Å². The van der Waals surface area contributed by atoms with E-state index in [2.05, 4.69) is 10.0 Å². The second kappa shape index (κ2) is 9.54. The molecule has 0 aliphatic heterocycles. The quantitative estimate of drug-likeness (QED) is 0.500. The SMILES string of the molecule is CC(C)OCCCNc1ccc(S(=O)(=O)NCc2ccco2)cc1C(=O)O. The smallest absolute Gasteiger partial charge is 0.337 e. The minimum atomic E-state index is -3.87. The molecule has 1 aromatic heterocycles. The van der Waals surface area contributed by atoms with Crippen LogP contribution in [0.5, 0.6) is 0 Å². The zero-order chi connectivity index (χ0) is 19.9. The van der Waals surface area contributed by atoms with Gasteiger partial charge in [0.15, 0.2) is 0 Å². The van der Waals surface area contributed by atoms with Gasteiger partial charge in [0.1, 0.15) is 5.76 Å². The largest absolute Gasteiger partial charge is 0.478 e. The minimum absolute atomic E-state index is 0.0202. The predicted octanol–water partition coefficient (Wildman–Crippen LogP) is 2.68. The molecule has 0 radical (unpaired) electrons. The lowest BCUT2D eigenvalue weighted by Crippen LogP contribution is -2.23. The number of carbonyl (C=O) groups is 1. The summed E-state index contributed by atoms with van der Waals surface area (Å²) in [5.41, 5.74) is 0.248. The first-order chi connectivity index (χ1) is 12.8. The summed E-state index contributed by atoms with van der Waals surface area (Å²) in [6.07, 6.45) is 2.28. The lowest BCUT2D eigenvalue weighted by molar-refractivity contribution is 0.0697. The van der Waals surface area contributed by atoms with Crippen LogP contribution in [0.4, 0.5) is 5.69 Å². The van der Waals surface area contributed by atoms with Crippen LogP contribution in [0, 0.1) is 0 Å². The van der Waals surface area contributed by atoms with E-state index >= 15 is 0 Å². The van der Waals surface area contributed by atoms with Crippen molar-refractivity contribution in [2.45, 2.75) is 37.8 Å². The Morgan fingerprint density at radius 2 is 2.07 bits per heavy atom. The number of hydrogen-bond donors (Lipinski definition) is 3. The number of benzene rings is 1. The summed E-state index contributed by atoms with van der Waals surface area (Å²) in [5.74, 6) is -0.752. The summed E-state index contributed by atoms with van der Waals surface area (Å²) < 4.78 is 37.7. The first-order valence-electron chi connectivity index (χ1n) is 8.54. The van der Waals surface area contributed by atoms with Gasteiger partial charge in [0.2, 0.25) is 10.0 Å². The van der Waals surface area contributed by atoms with Crippen LogP contribution in [-0.4, -0.2) is 38.7 Å². The highest BCUT2D eigenvalue weighted by atomic mass is 32.2. The molecule has 1 heterocycles. The maximum Gasteiger partial charge on any atom is 0.337 e. The molecule has 0 spiro atoms. The summed E-state index contributed by atoms with van der Waals surface area (Å²) in [7, 11) is -3.87. The minimum Gasteiger partial charge on any atom is -0.478 e. The van der Waals surface area contributed by atoms with E-state index in [1.807, 2.05) is 13.8 Å². The fraction of sp³-hybridized carbons (Fsp3) is 0.389. The van der Waals surface area contributed by atoms with E-state index in [0.29, 0.717) is 31.0 Å². The molecule has 0 fully saturated rings. The molecule has 1 aromatic carbocycles. The molecule has 0 amide bonds. The van der Waals surface area contributed by atoms with E-state index in [-0.39, 0.29) is 23.1 Å². The molecule has 8 nitrogen and oxygen atoms in total. The van der Waals surface area contributed by atoms with E-state index in [4.69, 9.17) is 9.15 Å². The van der Waals surface area contributed by atoms with Crippen molar-refractivity contribution in [2.24, 2.45) is 0 Å². The molecule has 3 N–H and O–H groups in total. The third-order valence-electron chi connectivity index (χ3n) is 3.64. The molecule has 0 saturated carbocycles. The second-order valence-electron chi connectivity index (χ2n) is 6.12. The highest BCUT2D eigenvalue weighted by molar-refractivity contribution is 7.89. The zero-order valence-corrected chi connectivity index (χ0v) is 16.1. The molecule has 27 heavy (non-hydrogen) atoms. The van der Waals surface area contributed by atoms with E-state index in [1.54, 1.807) is 12.1 Å². The Labute approximate surface area is 158 Å². The maximum atomic E-state index is 12.4. The topological polar surface area (TPSA) is 118 Å². The predicted molar refractivity (Wildman–Crippen MR) is 100 cm³/mol. The summed E-state index contributed by atoms with van der Waals surface area (Å²) in [6, 6.07) is 7.25. The third kappa shape index (κ3) is 6.38. The maximum absolute atomic E-state index is 12.4. The Morgan fingerprint density at radius 3 is 2.70 bits per heavy atom. The first kappa shape index (κ1) is 20.9. The molecule has 2 aromatic rings. The van der Waals surface area contributed by atoms with Gasteiger partial charge in [-0.25, -0.2) is 17.9 Å². The van der Waals surface area contributed by atoms with Crippen LogP contribution in [0.1, 0.15) is 36.4 Å². The highest BCUT2D eigenvalue weighted by Gasteiger charge is 2.19. The monoisotopic (exact) mass is 396 g/mol. The third-order valence-corrected chi connectivity index (χ3v) is 5.03. The fourth-order valence-electron chi connectivity index (χ4n) is 2.30. The van der Waals surface area contributed by atoms with Gasteiger partial charge in [-0.15, -0.1) is 0 Å². The molecule has 0 aliphatic rings. The Bertz CT molecular complexity index is 847. The Morgan fingerprint density at radius 1 is 1.30 bits per heavy atom. The van der Waals surface area contributed by atoms with Gasteiger partial charge >= 0.3 is 5.97 Å². The molecular weight excluding hydrogens is 372 g/mol. The molecule has 148 valence electrons. The van der Waals surface area contributed by atoms with Gasteiger partial charge in [0.25, 0.3) is 0 Å². The molecule has 9 heteroatoms. The number of aromatic carboxylic acids is 1.